The SMILES string of the molecule is CNCCOCCN(C)C(=O)C1Cc2ccccc2CN1C(=O)CCCC1CCCCC1. The molecular formula is C26H41N3O3. The third-order valence-corrected chi connectivity index (χ3v) is 7.03. The average molecular weight is 444 g/mol. The number of nitrogens with one attached hydrogen (secondary N) is 1. The van der Waals surface area contributed by atoms with Crippen molar-refractivity contribution in [1.82, 2.24) is 15.1 Å². The topological polar surface area (TPSA) is 61.9 Å². The molecule has 32 heavy (non-hydrogen) atoms. The van der Waals surface area contributed by atoms with E-state index in [0.717, 1.165) is 30.9 Å². The van der Waals surface area contributed by atoms with Gasteiger partial charge in [-0.15, -0.1) is 0 Å². The molecular weight excluding hydrogens is 402 g/mol. The predicted octanol–water partition coefficient (Wildman–Crippen LogP) is 3.38. The highest BCUT2D eigenvalue weighted by molar-refractivity contribution is 5.88. The molecule has 1 unspecified atom stereocenters. The van der Waals surface area contributed by atoms with Crippen molar-refractivity contribution >= 4 is 11.8 Å². The fourth-order valence-corrected chi connectivity index (χ4v) is 5.01. The van der Waals surface area contributed by atoms with Gasteiger partial charge in [0.15, 0.2) is 0 Å². The Hall–Kier alpha value is -1.92. The predicted molar refractivity (Wildman–Crippen MR) is 127 cm³/mol. The number of nitrogens with zero attached hydrogens (tertiary/aromatic N) is 2. The fourth-order valence-electron chi connectivity index (χ4n) is 5.01. The number of benzene rings is 1. The molecule has 0 saturated heterocycles. The average Bonchev–Trinajstić information content (AvgIpc) is 2.83. The van der Waals surface area contributed by atoms with Crippen LogP contribution in [0.1, 0.15) is 62.5 Å². The first-order valence-corrected chi connectivity index (χ1v) is 12.4. The molecule has 3 rings (SSSR count). The molecule has 1 N–H and O–H groups in total. The van der Waals surface area contributed by atoms with E-state index in [4.69, 9.17) is 4.74 Å². The Morgan fingerprint density at radius 2 is 1.88 bits per heavy atom. The Morgan fingerprint density at radius 1 is 1.12 bits per heavy atom. The smallest absolute Gasteiger partial charge is 0.245 e. The van der Waals surface area contributed by atoms with Gasteiger partial charge in [0.2, 0.25) is 11.8 Å². The first-order chi connectivity index (χ1) is 15.6. The van der Waals surface area contributed by atoms with Gasteiger partial charge < -0.3 is 19.9 Å². The van der Waals surface area contributed by atoms with E-state index >= 15 is 0 Å². The molecule has 1 aromatic carbocycles. The summed E-state index contributed by atoms with van der Waals surface area (Å²) in [5.41, 5.74) is 2.34. The first kappa shape index (κ1) is 24.7. The van der Waals surface area contributed by atoms with Gasteiger partial charge in [0, 0.05) is 39.5 Å². The largest absolute Gasteiger partial charge is 0.378 e. The minimum absolute atomic E-state index is 0.0114. The second kappa shape index (κ2) is 12.9. The van der Waals surface area contributed by atoms with E-state index in [-0.39, 0.29) is 11.8 Å². The summed E-state index contributed by atoms with van der Waals surface area (Å²) < 4.78 is 5.59. The summed E-state index contributed by atoms with van der Waals surface area (Å²) in [5, 5.41) is 3.05. The molecule has 0 radical (unpaired) electrons. The molecule has 1 aliphatic carbocycles. The van der Waals surface area contributed by atoms with E-state index in [0.29, 0.717) is 39.1 Å². The maximum absolute atomic E-state index is 13.3. The summed E-state index contributed by atoms with van der Waals surface area (Å²) in [6.07, 6.45) is 9.86. The lowest BCUT2D eigenvalue weighted by atomic mass is 9.85. The van der Waals surface area contributed by atoms with Crippen LogP contribution in [0.25, 0.3) is 0 Å². The Kier molecular flexibility index (Phi) is 10.0. The van der Waals surface area contributed by atoms with Gasteiger partial charge in [-0.25, -0.2) is 0 Å². The van der Waals surface area contributed by atoms with Gasteiger partial charge in [0.25, 0.3) is 0 Å². The lowest BCUT2D eigenvalue weighted by molar-refractivity contribution is -0.146. The maximum atomic E-state index is 13.3. The summed E-state index contributed by atoms with van der Waals surface area (Å²) in [6.45, 7) is 2.98. The van der Waals surface area contributed by atoms with Gasteiger partial charge in [-0.3, -0.25) is 9.59 Å². The zero-order valence-corrected chi connectivity index (χ0v) is 20.0. The van der Waals surface area contributed by atoms with Crippen molar-refractivity contribution in [2.45, 2.75) is 70.4 Å². The van der Waals surface area contributed by atoms with Crippen molar-refractivity contribution < 1.29 is 14.3 Å². The number of carbonyl (C=O) groups excluding carboxylic acids is 2. The van der Waals surface area contributed by atoms with Gasteiger partial charge in [-0.2, -0.15) is 0 Å². The molecule has 2 amide bonds. The third-order valence-electron chi connectivity index (χ3n) is 7.03. The van der Waals surface area contributed by atoms with Crippen LogP contribution in [0.15, 0.2) is 24.3 Å². The van der Waals surface area contributed by atoms with Gasteiger partial charge in [-0.1, -0.05) is 56.4 Å². The van der Waals surface area contributed by atoms with Crippen molar-refractivity contribution in [2.24, 2.45) is 5.92 Å². The van der Waals surface area contributed by atoms with Gasteiger partial charge in [0.1, 0.15) is 6.04 Å². The van der Waals surface area contributed by atoms with E-state index < -0.39 is 6.04 Å². The fraction of sp³-hybridized carbons (Fsp3) is 0.692. The monoisotopic (exact) mass is 443 g/mol. The van der Waals surface area contributed by atoms with E-state index in [9.17, 15) is 9.59 Å². The van der Waals surface area contributed by atoms with Crippen molar-refractivity contribution in [3.63, 3.8) is 0 Å². The number of carbonyl (C=O) groups is 2. The summed E-state index contributed by atoms with van der Waals surface area (Å²) in [4.78, 5) is 30.1. The van der Waals surface area contributed by atoms with E-state index in [1.54, 1.807) is 4.90 Å². The van der Waals surface area contributed by atoms with Crippen LogP contribution in [0.4, 0.5) is 0 Å². The summed E-state index contributed by atoms with van der Waals surface area (Å²) >= 11 is 0. The van der Waals surface area contributed by atoms with Gasteiger partial charge >= 0.3 is 0 Å². The normalized spacial score (nSPS) is 18.9. The molecule has 1 atom stereocenters. The molecule has 1 saturated carbocycles. The molecule has 1 aliphatic heterocycles. The van der Waals surface area contributed by atoms with Crippen LogP contribution in [-0.2, 0) is 27.3 Å². The van der Waals surface area contributed by atoms with Crippen LogP contribution in [0.2, 0.25) is 0 Å². The lowest BCUT2D eigenvalue weighted by Gasteiger charge is -2.38. The maximum Gasteiger partial charge on any atom is 0.245 e. The van der Waals surface area contributed by atoms with E-state index in [2.05, 4.69) is 17.4 Å². The number of hydrogen-bond donors (Lipinski definition) is 1. The molecule has 0 aromatic heterocycles. The highest BCUT2D eigenvalue weighted by Gasteiger charge is 2.35. The van der Waals surface area contributed by atoms with Crippen LogP contribution in [0.3, 0.4) is 0 Å². The van der Waals surface area contributed by atoms with Gasteiger partial charge in [-0.05, 0) is 36.9 Å². The molecule has 0 spiro atoms. The van der Waals surface area contributed by atoms with Crippen molar-refractivity contribution in [1.29, 1.82) is 0 Å². The van der Waals surface area contributed by atoms with Crippen LogP contribution >= 0.6 is 0 Å². The molecule has 2 aliphatic rings. The summed E-state index contributed by atoms with van der Waals surface area (Å²) in [6, 6.07) is 7.77. The van der Waals surface area contributed by atoms with Gasteiger partial charge in [0.05, 0.1) is 13.2 Å². The highest BCUT2D eigenvalue weighted by Crippen LogP contribution is 2.29. The van der Waals surface area contributed by atoms with Crippen molar-refractivity contribution in [3.05, 3.63) is 35.4 Å². The first-order valence-electron chi connectivity index (χ1n) is 12.4. The standard InChI is InChI=1S/C26H41N3O3/c1-27-15-17-32-18-16-28(2)26(31)24-19-22-12-6-7-13-23(22)20-29(24)25(30)14-8-11-21-9-4-3-5-10-21/h6-7,12-13,21,24,27H,3-5,8-11,14-20H2,1-2H3. The molecule has 1 heterocycles. The second-order valence-electron chi connectivity index (χ2n) is 9.38. The Bertz CT molecular complexity index is 733. The number of fused-ring (bicyclic) bond motifs is 1. The minimum Gasteiger partial charge on any atom is -0.378 e. The lowest BCUT2D eigenvalue weighted by Crippen LogP contribution is -2.53. The number of hydrogen-bond acceptors (Lipinski definition) is 4. The zero-order chi connectivity index (χ0) is 22.8. The van der Waals surface area contributed by atoms with Crippen molar-refractivity contribution in [2.75, 3.05) is 40.4 Å². The van der Waals surface area contributed by atoms with Crippen LogP contribution in [0.5, 0.6) is 0 Å². The van der Waals surface area contributed by atoms with Crippen LogP contribution in [-0.4, -0.2) is 68.1 Å². The number of rotatable bonds is 11. The second-order valence-corrected chi connectivity index (χ2v) is 9.38. The quantitative estimate of drug-likeness (QED) is 0.533. The molecule has 6 nitrogen and oxygen atoms in total. The van der Waals surface area contributed by atoms with Crippen LogP contribution < -0.4 is 5.32 Å². The van der Waals surface area contributed by atoms with Crippen LogP contribution in [0, 0.1) is 5.92 Å². The summed E-state index contributed by atoms with van der Waals surface area (Å²) in [5.74, 6) is 0.912. The minimum atomic E-state index is -0.422. The molecule has 1 aromatic rings. The third kappa shape index (κ3) is 7.04. The van der Waals surface area contributed by atoms with E-state index in [1.807, 2.05) is 31.1 Å². The van der Waals surface area contributed by atoms with Crippen molar-refractivity contribution in [3.8, 4) is 0 Å². The number of likely N-dealkylation sites (N-methyl/N-ethyl adjacent to an activating group) is 2. The molecule has 6 heteroatoms. The molecule has 0 bridgehead atoms. The summed E-state index contributed by atoms with van der Waals surface area (Å²) in [7, 11) is 3.71. The Labute approximate surface area is 193 Å². The highest BCUT2D eigenvalue weighted by atomic mass is 16.5. The number of amides is 2. The Balaban J connectivity index is 1.59. The van der Waals surface area contributed by atoms with E-state index in [1.165, 1.54) is 37.7 Å². The molecule has 178 valence electrons. The zero-order valence-electron chi connectivity index (χ0n) is 20.0. The number of ether oxygens (including phenoxy) is 1. The molecule has 1 fully saturated rings. The Morgan fingerprint density at radius 3 is 2.62 bits per heavy atom.